The fourth-order valence-electron chi connectivity index (χ4n) is 4.93. The van der Waals surface area contributed by atoms with Gasteiger partial charge in [0.2, 0.25) is 5.91 Å². The minimum Gasteiger partial charge on any atom is -0.394 e. The molecule has 280 valence electrons. The lowest BCUT2D eigenvalue weighted by molar-refractivity contribution is -0.123. The molecule has 50 heavy (non-hydrogen) atoms. The molecule has 0 bridgehead atoms. The molecule has 4 nitrogen and oxygen atoms in total. The van der Waals surface area contributed by atoms with Crippen molar-refractivity contribution in [3.05, 3.63) is 122 Å². The van der Waals surface area contributed by atoms with Gasteiger partial charge in [-0.1, -0.05) is 167 Å². The Bertz CT molecular complexity index is 1050. The third-order valence-corrected chi connectivity index (χ3v) is 7.95. The molecule has 0 saturated carbocycles. The van der Waals surface area contributed by atoms with Gasteiger partial charge in [0, 0.05) is 6.42 Å². The molecule has 1 amide bonds. The van der Waals surface area contributed by atoms with Crippen LogP contribution in [0.2, 0.25) is 0 Å². The van der Waals surface area contributed by atoms with E-state index in [1.54, 1.807) is 6.08 Å². The van der Waals surface area contributed by atoms with E-state index in [2.05, 4.69) is 129 Å². The number of carbonyl (C=O) groups excluding carboxylic acids is 1. The van der Waals surface area contributed by atoms with Crippen LogP contribution in [0.15, 0.2) is 122 Å². The lowest BCUT2D eigenvalue weighted by atomic mass is 10.1. The Labute approximate surface area is 308 Å². The topological polar surface area (TPSA) is 69.6 Å². The molecule has 2 unspecified atom stereocenters. The average Bonchev–Trinajstić information content (AvgIpc) is 3.12. The number of amides is 1. The fraction of sp³-hybridized carbons (Fsp3) is 0.543. The summed E-state index contributed by atoms with van der Waals surface area (Å²) in [6, 6.07) is -0.645. The Hall–Kier alpha value is -3.21. The van der Waals surface area contributed by atoms with E-state index < -0.39 is 12.1 Å². The molecule has 0 fully saturated rings. The Balaban J connectivity index is 3.75. The highest BCUT2D eigenvalue weighted by molar-refractivity contribution is 5.76. The van der Waals surface area contributed by atoms with Crippen molar-refractivity contribution in [2.24, 2.45) is 0 Å². The zero-order valence-corrected chi connectivity index (χ0v) is 31.9. The molecule has 0 aromatic carbocycles. The van der Waals surface area contributed by atoms with E-state index in [4.69, 9.17) is 0 Å². The molecule has 0 rings (SSSR count). The number of aliphatic hydroxyl groups excluding tert-OH is 2. The number of unbranched alkanes of at least 4 members (excludes halogenated alkanes) is 8. The third-order valence-electron chi connectivity index (χ3n) is 7.95. The van der Waals surface area contributed by atoms with Gasteiger partial charge in [0.25, 0.3) is 0 Å². The van der Waals surface area contributed by atoms with E-state index in [0.29, 0.717) is 6.42 Å². The van der Waals surface area contributed by atoms with Gasteiger partial charge in [0.05, 0.1) is 18.8 Å². The molecule has 0 saturated heterocycles. The van der Waals surface area contributed by atoms with Crippen molar-refractivity contribution >= 4 is 5.91 Å². The van der Waals surface area contributed by atoms with Crippen LogP contribution < -0.4 is 5.32 Å². The normalized spacial score (nSPS) is 14.4. The molecular formula is C46H73NO3. The van der Waals surface area contributed by atoms with E-state index >= 15 is 0 Å². The second-order valence-corrected chi connectivity index (χ2v) is 12.6. The van der Waals surface area contributed by atoms with Crippen LogP contribution in [0.4, 0.5) is 0 Å². The first-order chi connectivity index (χ1) is 24.7. The van der Waals surface area contributed by atoms with E-state index in [9.17, 15) is 15.0 Å². The van der Waals surface area contributed by atoms with Crippen molar-refractivity contribution in [1.29, 1.82) is 0 Å². The molecule has 2 atom stereocenters. The first kappa shape index (κ1) is 46.8. The van der Waals surface area contributed by atoms with Crippen LogP contribution in [-0.4, -0.2) is 34.9 Å². The molecule has 0 aromatic rings. The van der Waals surface area contributed by atoms with Crippen LogP contribution in [0, 0.1) is 0 Å². The van der Waals surface area contributed by atoms with Gasteiger partial charge in [0.15, 0.2) is 0 Å². The first-order valence-electron chi connectivity index (χ1n) is 19.7. The number of rotatable bonds is 33. The number of allylic oxidation sites excluding steroid dienone is 19. The smallest absolute Gasteiger partial charge is 0.220 e. The minimum absolute atomic E-state index is 0.108. The zero-order valence-electron chi connectivity index (χ0n) is 31.9. The molecule has 0 spiro atoms. The number of nitrogens with one attached hydrogen (secondary N) is 1. The Morgan fingerprint density at radius 2 is 0.880 bits per heavy atom. The Morgan fingerprint density at radius 1 is 0.500 bits per heavy atom. The van der Waals surface area contributed by atoms with E-state index in [0.717, 1.165) is 96.3 Å². The maximum atomic E-state index is 12.3. The highest BCUT2D eigenvalue weighted by atomic mass is 16.3. The van der Waals surface area contributed by atoms with Gasteiger partial charge in [-0.05, 0) is 89.9 Å². The summed E-state index contributed by atoms with van der Waals surface area (Å²) in [7, 11) is 0. The van der Waals surface area contributed by atoms with Crippen LogP contribution in [-0.2, 0) is 4.79 Å². The summed E-state index contributed by atoms with van der Waals surface area (Å²) in [6.45, 7) is 4.09. The van der Waals surface area contributed by atoms with Gasteiger partial charge in [-0.3, -0.25) is 4.79 Å². The molecule has 0 aliphatic carbocycles. The van der Waals surface area contributed by atoms with Gasteiger partial charge >= 0.3 is 0 Å². The van der Waals surface area contributed by atoms with Crippen molar-refractivity contribution in [3.8, 4) is 0 Å². The third kappa shape index (κ3) is 36.1. The molecule has 0 radical (unpaired) electrons. The first-order valence-corrected chi connectivity index (χ1v) is 19.7. The number of hydrogen-bond donors (Lipinski definition) is 3. The molecule has 0 aliphatic heterocycles. The van der Waals surface area contributed by atoms with Crippen molar-refractivity contribution in [2.45, 2.75) is 154 Å². The van der Waals surface area contributed by atoms with E-state index in [-0.39, 0.29) is 12.5 Å². The zero-order chi connectivity index (χ0) is 36.4. The maximum Gasteiger partial charge on any atom is 0.220 e. The minimum atomic E-state index is -0.858. The monoisotopic (exact) mass is 688 g/mol. The summed E-state index contributed by atoms with van der Waals surface area (Å²) in [5, 5.41) is 22.7. The maximum absolute atomic E-state index is 12.3. The van der Waals surface area contributed by atoms with Crippen LogP contribution in [0.1, 0.15) is 142 Å². The molecule has 0 aliphatic rings. The lowest BCUT2D eigenvalue weighted by Gasteiger charge is -2.19. The van der Waals surface area contributed by atoms with Crippen molar-refractivity contribution in [2.75, 3.05) is 6.61 Å². The fourth-order valence-corrected chi connectivity index (χ4v) is 4.93. The van der Waals surface area contributed by atoms with Crippen molar-refractivity contribution in [1.82, 2.24) is 5.32 Å². The van der Waals surface area contributed by atoms with Gasteiger partial charge in [-0.2, -0.15) is 0 Å². The van der Waals surface area contributed by atoms with Gasteiger partial charge in [-0.15, -0.1) is 0 Å². The highest BCUT2D eigenvalue weighted by Crippen LogP contribution is 2.08. The average molecular weight is 688 g/mol. The number of aliphatic hydroxyl groups is 2. The molecule has 3 N–H and O–H groups in total. The predicted molar refractivity (Wildman–Crippen MR) is 220 cm³/mol. The van der Waals surface area contributed by atoms with Gasteiger partial charge in [0.1, 0.15) is 0 Å². The molecular weight excluding hydrogens is 615 g/mol. The van der Waals surface area contributed by atoms with Crippen LogP contribution in [0.3, 0.4) is 0 Å². The van der Waals surface area contributed by atoms with Crippen molar-refractivity contribution in [3.63, 3.8) is 0 Å². The summed E-state index contributed by atoms with van der Waals surface area (Å²) in [5.41, 5.74) is 0. The quantitative estimate of drug-likeness (QED) is 0.0475. The summed E-state index contributed by atoms with van der Waals surface area (Å²) in [4.78, 5) is 12.3. The summed E-state index contributed by atoms with van der Waals surface area (Å²) in [6.07, 6.45) is 63.1. The van der Waals surface area contributed by atoms with Crippen molar-refractivity contribution < 1.29 is 15.0 Å². The van der Waals surface area contributed by atoms with E-state index in [1.165, 1.54) is 25.7 Å². The van der Waals surface area contributed by atoms with Crippen LogP contribution in [0.5, 0.6) is 0 Å². The summed E-state index contributed by atoms with van der Waals surface area (Å²) >= 11 is 0. The SMILES string of the molecule is CC/C=C\C/C=C\C/C=C\C/C=C\C/C=C\C/C=C\C/C=C\C/C=C\C/C=C\CCCCCC(=O)NC(CO)C(O)/C=C/CCCCCCC. The Kier molecular flexibility index (Phi) is 37.6. The number of carbonyl (C=O) groups is 1. The Morgan fingerprint density at radius 3 is 1.30 bits per heavy atom. The molecule has 0 heterocycles. The van der Waals surface area contributed by atoms with E-state index in [1.807, 2.05) is 6.08 Å². The standard InChI is InChI=1S/C46H73NO3/c1-3-5-7-9-11-12-13-14-15-16-17-18-19-20-21-22-23-24-25-26-27-28-29-30-31-32-33-34-36-38-40-42-46(50)47-44(43-48)45(49)41-39-37-35-10-8-6-4-2/h5,7,11-12,14-15,17-18,20-21,23-24,26-27,29-30,32-33,39,41,44-45,48-49H,3-4,6,8-10,13,16,19,22,25,28,31,34-38,40,42-43H2,1-2H3,(H,47,50)/b7-5-,12-11-,15-14-,18-17-,21-20-,24-23-,27-26-,30-29-,33-32-,41-39+. The molecule has 0 aromatic heterocycles. The number of hydrogen-bond acceptors (Lipinski definition) is 3. The van der Waals surface area contributed by atoms with Crippen LogP contribution in [0.25, 0.3) is 0 Å². The van der Waals surface area contributed by atoms with Gasteiger partial charge < -0.3 is 15.5 Å². The van der Waals surface area contributed by atoms with Gasteiger partial charge in [-0.25, -0.2) is 0 Å². The predicted octanol–water partition coefficient (Wildman–Crippen LogP) is 12.2. The highest BCUT2D eigenvalue weighted by Gasteiger charge is 2.17. The summed E-state index contributed by atoms with van der Waals surface area (Å²) in [5.74, 6) is -0.108. The second-order valence-electron chi connectivity index (χ2n) is 12.6. The molecule has 4 heteroatoms. The summed E-state index contributed by atoms with van der Waals surface area (Å²) < 4.78 is 0. The second kappa shape index (κ2) is 40.2. The largest absolute Gasteiger partial charge is 0.394 e. The van der Waals surface area contributed by atoms with Crippen LogP contribution >= 0.6 is 0 Å². The lowest BCUT2D eigenvalue weighted by Crippen LogP contribution is -2.45.